The van der Waals surface area contributed by atoms with Crippen molar-refractivity contribution in [3.8, 4) is 5.69 Å². The molecule has 1 heterocycles. The highest BCUT2D eigenvalue weighted by Gasteiger charge is 2.12. The van der Waals surface area contributed by atoms with E-state index in [0.29, 0.717) is 5.92 Å². The number of benzene rings is 2. The zero-order valence-electron chi connectivity index (χ0n) is 13.4. The van der Waals surface area contributed by atoms with E-state index in [-0.39, 0.29) is 0 Å². The van der Waals surface area contributed by atoms with Crippen LogP contribution in [0.2, 0.25) is 0 Å². The summed E-state index contributed by atoms with van der Waals surface area (Å²) in [5.41, 5.74) is 9.75. The van der Waals surface area contributed by atoms with Crippen LogP contribution in [0.4, 0.5) is 0 Å². The Morgan fingerprint density at radius 1 is 1.00 bits per heavy atom. The predicted molar refractivity (Wildman–Crippen MR) is 95.1 cm³/mol. The molecule has 2 heteroatoms. The zero-order valence-corrected chi connectivity index (χ0v) is 13.4. The first-order chi connectivity index (χ1) is 10.6. The maximum Gasteiger partial charge on any atom is 0.0727 e. The maximum absolute atomic E-state index is 6.49. The lowest BCUT2D eigenvalue weighted by molar-refractivity contribution is 0.821. The molecule has 112 valence electrons. The van der Waals surface area contributed by atoms with Crippen LogP contribution >= 0.6 is 0 Å². The highest BCUT2D eigenvalue weighted by atomic mass is 15.0. The second-order valence-corrected chi connectivity index (χ2v) is 5.85. The van der Waals surface area contributed by atoms with E-state index < -0.39 is 0 Å². The van der Waals surface area contributed by atoms with E-state index in [1.807, 2.05) is 6.07 Å². The summed E-state index contributed by atoms with van der Waals surface area (Å²) in [5.74, 6) is 0.297. The van der Waals surface area contributed by atoms with E-state index in [0.717, 1.165) is 16.7 Å². The van der Waals surface area contributed by atoms with Gasteiger partial charge in [0.25, 0.3) is 0 Å². The largest absolute Gasteiger partial charge is 0.400 e. The third kappa shape index (κ3) is 2.21. The van der Waals surface area contributed by atoms with Gasteiger partial charge in [-0.1, -0.05) is 56.3 Å². The molecule has 2 nitrogen and oxygen atoms in total. The van der Waals surface area contributed by atoms with E-state index >= 15 is 0 Å². The fraction of sp³-hybridized carbons (Fsp3) is 0.200. The Hall–Kier alpha value is -2.48. The molecule has 0 atom stereocenters. The summed E-state index contributed by atoms with van der Waals surface area (Å²) < 4.78 is 2.28. The molecule has 0 unspecified atom stereocenters. The first-order valence-electron chi connectivity index (χ1n) is 7.76. The van der Waals surface area contributed by atoms with Crippen molar-refractivity contribution in [1.29, 1.82) is 0 Å². The van der Waals surface area contributed by atoms with Crippen LogP contribution in [0.25, 0.3) is 28.4 Å². The molecule has 0 amide bonds. The summed E-state index contributed by atoms with van der Waals surface area (Å²) in [6.45, 7) is 6.36. The maximum atomic E-state index is 6.49. The van der Waals surface area contributed by atoms with E-state index in [2.05, 4.69) is 79.9 Å². The van der Waals surface area contributed by atoms with Gasteiger partial charge >= 0.3 is 0 Å². The van der Waals surface area contributed by atoms with Crippen LogP contribution in [0.3, 0.4) is 0 Å². The van der Waals surface area contributed by atoms with Crippen molar-refractivity contribution in [2.75, 3.05) is 0 Å². The molecule has 0 radical (unpaired) electrons. The Kier molecular flexibility index (Phi) is 3.76. The van der Waals surface area contributed by atoms with Gasteiger partial charge in [-0.3, -0.25) is 0 Å². The Morgan fingerprint density at radius 2 is 1.64 bits per heavy atom. The quantitative estimate of drug-likeness (QED) is 0.772. The Labute approximate surface area is 131 Å². The average Bonchev–Trinajstić information content (AvgIpc) is 2.89. The van der Waals surface area contributed by atoms with Crippen LogP contribution in [0.5, 0.6) is 0 Å². The molecule has 0 bridgehead atoms. The number of nitrogens with zero attached hydrogens (tertiary/aromatic N) is 1. The fourth-order valence-corrected chi connectivity index (χ4v) is 2.96. The molecule has 1 aromatic heterocycles. The molecule has 0 saturated carbocycles. The van der Waals surface area contributed by atoms with Gasteiger partial charge in [-0.25, -0.2) is 0 Å². The molecule has 2 aromatic carbocycles. The minimum Gasteiger partial charge on any atom is -0.400 e. The zero-order chi connectivity index (χ0) is 15.7. The molecule has 0 saturated heterocycles. The van der Waals surface area contributed by atoms with Crippen molar-refractivity contribution in [3.05, 3.63) is 65.2 Å². The molecule has 2 N–H and O–H groups in total. The van der Waals surface area contributed by atoms with Crippen molar-refractivity contribution in [3.63, 3.8) is 0 Å². The second-order valence-electron chi connectivity index (χ2n) is 5.85. The number of nitrogens with two attached hydrogens (primary N) is 1. The number of hydrogen-bond acceptors (Lipinski definition) is 1. The first kappa shape index (κ1) is 14.5. The van der Waals surface area contributed by atoms with Crippen LogP contribution in [0, 0.1) is 5.92 Å². The van der Waals surface area contributed by atoms with Crippen LogP contribution in [0.15, 0.2) is 54.6 Å². The molecule has 0 aliphatic heterocycles. The highest BCUT2D eigenvalue weighted by molar-refractivity contribution is 5.84. The predicted octanol–water partition coefficient (Wildman–Crippen LogP) is 3.15. The van der Waals surface area contributed by atoms with Crippen molar-refractivity contribution in [2.45, 2.75) is 20.8 Å². The van der Waals surface area contributed by atoms with Gasteiger partial charge in [0, 0.05) is 22.0 Å². The van der Waals surface area contributed by atoms with E-state index in [1.54, 1.807) is 0 Å². The minimum atomic E-state index is 0.297. The lowest BCUT2D eigenvalue weighted by atomic mass is 10.1. The summed E-state index contributed by atoms with van der Waals surface area (Å²) in [6, 6.07) is 18.9. The Bertz CT molecular complexity index is 915. The van der Waals surface area contributed by atoms with Gasteiger partial charge in [0.15, 0.2) is 0 Å². The number of hydrogen-bond donors (Lipinski definition) is 1. The van der Waals surface area contributed by atoms with Crippen LogP contribution < -0.4 is 16.3 Å². The van der Waals surface area contributed by atoms with Crippen LogP contribution in [-0.4, -0.2) is 4.57 Å². The normalized spacial score (nSPS) is 13.9. The van der Waals surface area contributed by atoms with Crippen LogP contribution in [-0.2, 0) is 0 Å². The van der Waals surface area contributed by atoms with Gasteiger partial charge in [0.05, 0.1) is 10.9 Å². The van der Waals surface area contributed by atoms with Crippen molar-refractivity contribution in [2.24, 2.45) is 11.7 Å². The lowest BCUT2D eigenvalue weighted by Crippen LogP contribution is -2.35. The Morgan fingerprint density at radius 3 is 2.27 bits per heavy atom. The van der Waals surface area contributed by atoms with Gasteiger partial charge in [-0.15, -0.1) is 0 Å². The summed E-state index contributed by atoms with van der Waals surface area (Å²) in [7, 11) is 0. The van der Waals surface area contributed by atoms with Crippen molar-refractivity contribution < 1.29 is 0 Å². The van der Waals surface area contributed by atoms with Crippen molar-refractivity contribution in [1.82, 2.24) is 4.57 Å². The minimum absolute atomic E-state index is 0.297. The van der Waals surface area contributed by atoms with Gasteiger partial charge in [-0.2, -0.15) is 0 Å². The topological polar surface area (TPSA) is 30.9 Å². The Balaban J connectivity index is 2.61. The molecule has 22 heavy (non-hydrogen) atoms. The van der Waals surface area contributed by atoms with Crippen LogP contribution in [0.1, 0.15) is 20.8 Å². The molecule has 3 aromatic rings. The molecular weight excluding hydrogens is 268 g/mol. The number of aromatic nitrogens is 1. The lowest BCUT2D eigenvalue weighted by Gasteiger charge is -2.10. The number of fused-ring (bicyclic) bond motifs is 1. The smallest absolute Gasteiger partial charge is 0.0727 e. The third-order valence-electron chi connectivity index (χ3n) is 4.11. The standard InChI is InChI=1S/C20H22N2/c1-4-16-17-12-8-9-13-18(17)22(15-10-6-5-7-11-15)20(16)19(21)14(2)3/h4-14H,21H2,1-3H3/b16-4-,20-19-. The summed E-state index contributed by atoms with van der Waals surface area (Å²) in [6.07, 6.45) is 2.16. The number of para-hydroxylation sites is 2. The molecule has 0 aliphatic rings. The summed E-state index contributed by atoms with van der Waals surface area (Å²) >= 11 is 0. The van der Waals surface area contributed by atoms with Gasteiger partial charge in [0.1, 0.15) is 0 Å². The summed E-state index contributed by atoms with van der Waals surface area (Å²) in [4.78, 5) is 0. The monoisotopic (exact) mass is 290 g/mol. The highest BCUT2D eigenvalue weighted by Crippen LogP contribution is 2.15. The third-order valence-corrected chi connectivity index (χ3v) is 4.11. The van der Waals surface area contributed by atoms with E-state index in [1.165, 1.54) is 16.1 Å². The average molecular weight is 290 g/mol. The van der Waals surface area contributed by atoms with Crippen molar-refractivity contribution >= 4 is 22.7 Å². The second kappa shape index (κ2) is 5.72. The molecule has 3 rings (SSSR count). The van der Waals surface area contributed by atoms with Gasteiger partial charge in [-0.05, 0) is 31.0 Å². The molecule has 0 aliphatic carbocycles. The fourth-order valence-electron chi connectivity index (χ4n) is 2.96. The molecule has 0 spiro atoms. The number of rotatable bonds is 2. The molecular formula is C20H22N2. The first-order valence-corrected chi connectivity index (χ1v) is 7.76. The van der Waals surface area contributed by atoms with E-state index in [9.17, 15) is 0 Å². The molecule has 0 fully saturated rings. The van der Waals surface area contributed by atoms with E-state index in [4.69, 9.17) is 5.73 Å². The summed E-state index contributed by atoms with van der Waals surface area (Å²) in [5, 5.41) is 3.57. The SMILES string of the molecule is C/C=c1\c(=C(\N)C(C)C)n(-c2ccccc2)c2ccccc12. The van der Waals surface area contributed by atoms with Gasteiger partial charge in [0.2, 0.25) is 0 Å². The van der Waals surface area contributed by atoms with Gasteiger partial charge < -0.3 is 10.3 Å².